The predicted octanol–water partition coefficient (Wildman–Crippen LogP) is -1.56. The number of carboxylic acid groups (broad SMARTS) is 1. The van der Waals surface area contributed by atoms with Crippen LogP contribution in [0.3, 0.4) is 0 Å². The van der Waals surface area contributed by atoms with Gasteiger partial charge in [0.05, 0.1) is 0 Å². The van der Waals surface area contributed by atoms with E-state index in [1.807, 2.05) is 0 Å². The van der Waals surface area contributed by atoms with Crippen LogP contribution in [0.2, 0.25) is 0 Å². The Balaban J connectivity index is -0.0000000150. The van der Waals surface area contributed by atoms with Gasteiger partial charge in [0.25, 0.3) is 5.97 Å². The summed E-state index contributed by atoms with van der Waals surface area (Å²) in [4.78, 5) is 9.00. The minimum atomic E-state index is -0.833. The Hall–Kier alpha value is 0.0523. The minimum absolute atomic E-state index is 0. The number of carboxylic acids is 1. The summed E-state index contributed by atoms with van der Waals surface area (Å²) in [6.07, 6.45) is 0. The van der Waals surface area contributed by atoms with Gasteiger partial charge in [-0.25, -0.2) is 0 Å². The van der Waals surface area contributed by atoms with E-state index in [0.717, 1.165) is 6.92 Å². The molecule has 0 spiro atoms. The molecule has 5 N–H and O–H groups in total. The molecule has 0 aliphatic heterocycles. The van der Waals surface area contributed by atoms with Gasteiger partial charge in [0.15, 0.2) is 0 Å². The number of aliphatic carboxylic acids is 1. The summed E-state index contributed by atoms with van der Waals surface area (Å²) >= 11 is 0. The Bertz CT molecular complexity index is 32.7. The van der Waals surface area contributed by atoms with Crippen LogP contribution < -0.4 is 0 Å². The summed E-state index contributed by atoms with van der Waals surface area (Å²) in [6.45, 7) is 1.08. The van der Waals surface area contributed by atoms with Crippen LogP contribution in [0.25, 0.3) is 0 Å². The van der Waals surface area contributed by atoms with Crippen LogP contribution in [0, 0.1) is 0 Å². The van der Waals surface area contributed by atoms with Gasteiger partial charge in [-0.2, -0.15) is 0 Å². The first kappa shape index (κ1) is 27.7. The van der Waals surface area contributed by atoms with E-state index in [1.165, 1.54) is 0 Å². The molecular formula is C2H8O4Pd. The Morgan fingerprint density at radius 1 is 1.43 bits per heavy atom. The average molecular weight is 203 g/mol. The van der Waals surface area contributed by atoms with Crippen LogP contribution in [0.15, 0.2) is 0 Å². The average Bonchev–Trinajstić information content (AvgIpc) is 0.811. The van der Waals surface area contributed by atoms with E-state index in [2.05, 4.69) is 0 Å². The topological polar surface area (TPSA) is 100 Å². The third-order valence-corrected chi connectivity index (χ3v) is 0. The molecule has 0 saturated heterocycles. The van der Waals surface area contributed by atoms with Gasteiger partial charge in [0, 0.05) is 27.3 Å². The van der Waals surface area contributed by atoms with E-state index >= 15 is 0 Å². The summed E-state index contributed by atoms with van der Waals surface area (Å²) in [5.41, 5.74) is 0. The molecule has 0 aromatic heterocycles. The van der Waals surface area contributed by atoms with Crippen LogP contribution in [0.4, 0.5) is 0 Å². The van der Waals surface area contributed by atoms with Crippen molar-refractivity contribution in [1.82, 2.24) is 0 Å². The second kappa shape index (κ2) is 16.6. The fourth-order valence-corrected chi connectivity index (χ4v) is 0. The Morgan fingerprint density at radius 2 is 1.43 bits per heavy atom. The van der Waals surface area contributed by atoms with Crippen molar-refractivity contribution in [2.75, 3.05) is 0 Å². The zero-order valence-corrected chi connectivity index (χ0v) is 5.23. The fraction of sp³-hybridized carbons (Fsp3) is 0.500. The van der Waals surface area contributed by atoms with Gasteiger partial charge in [0.1, 0.15) is 0 Å². The Labute approximate surface area is 54.8 Å². The maximum absolute atomic E-state index is 9.00. The van der Waals surface area contributed by atoms with Gasteiger partial charge in [-0.3, -0.25) is 4.79 Å². The van der Waals surface area contributed by atoms with E-state index in [1.54, 1.807) is 0 Å². The molecular weight excluding hydrogens is 194 g/mol. The van der Waals surface area contributed by atoms with E-state index in [4.69, 9.17) is 9.90 Å². The molecule has 0 saturated carbocycles. The van der Waals surface area contributed by atoms with Gasteiger partial charge in [-0.1, -0.05) is 0 Å². The third kappa shape index (κ3) is 36300. The van der Waals surface area contributed by atoms with Crippen LogP contribution in [-0.2, 0) is 25.2 Å². The minimum Gasteiger partial charge on any atom is -0.481 e. The molecule has 0 heterocycles. The molecule has 5 heteroatoms. The summed E-state index contributed by atoms with van der Waals surface area (Å²) in [5, 5.41) is 7.42. The molecule has 50 valence electrons. The normalized spacial score (nSPS) is 3.57. The molecule has 0 atom stereocenters. The number of hydrogen-bond donors (Lipinski definition) is 1. The van der Waals surface area contributed by atoms with Crippen molar-refractivity contribution < 1.29 is 41.3 Å². The molecule has 0 radical (unpaired) electrons. The van der Waals surface area contributed by atoms with Crippen molar-refractivity contribution in [2.24, 2.45) is 0 Å². The summed E-state index contributed by atoms with van der Waals surface area (Å²) in [5.74, 6) is -0.833. The zero-order valence-electron chi connectivity index (χ0n) is 3.67. The van der Waals surface area contributed by atoms with Crippen molar-refractivity contribution in [1.29, 1.82) is 0 Å². The van der Waals surface area contributed by atoms with E-state index in [0.29, 0.717) is 0 Å². The van der Waals surface area contributed by atoms with Crippen molar-refractivity contribution in [2.45, 2.75) is 6.92 Å². The Morgan fingerprint density at radius 3 is 1.43 bits per heavy atom. The third-order valence-electron chi connectivity index (χ3n) is 0. The first-order valence-electron chi connectivity index (χ1n) is 0.928. The molecule has 0 bridgehead atoms. The van der Waals surface area contributed by atoms with E-state index in [9.17, 15) is 0 Å². The van der Waals surface area contributed by atoms with Crippen LogP contribution in [0.5, 0.6) is 0 Å². The monoisotopic (exact) mass is 202 g/mol. The fourth-order valence-electron chi connectivity index (χ4n) is 0. The standard InChI is InChI=1S/C2H4O2.2H2O.Pd/c1-2(3)4;;;/h1H3,(H,3,4);2*1H2;. The second-order valence-electron chi connectivity index (χ2n) is 0.519. The van der Waals surface area contributed by atoms with E-state index in [-0.39, 0.29) is 31.4 Å². The van der Waals surface area contributed by atoms with Gasteiger partial charge >= 0.3 is 0 Å². The van der Waals surface area contributed by atoms with Crippen LogP contribution in [0.1, 0.15) is 6.92 Å². The van der Waals surface area contributed by atoms with Gasteiger partial charge in [-0.15, -0.1) is 0 Å². The molecule has 0 unspecified atom stereocenters. The van der Waals surface area contributed by atoms with E-state index < -0.39 is 5.97 Å². The van der Waals surface area contributed by atoms with Crippen molar-refractivity contribution in [3.63, 3.8) is 0 Å². The molecule has 0 aliphatic rings. The first-order chi connectivity index (χ1) is 1.73. The molecule has 0 aromatic carbocycles. The first-order valence-corrected chi connectivity index (χ1v) is 0.928. The quantitative estimate of drug-likeness (QED) is 0.480. The van der Waals surface area contributed by atoms with Crippen LogP contribution >= 0.6 is 0 Å². The largest absolute Gasteiger partial charge is 0.481 e. The van der Waals surface area contributed by atoms with Crippen molar-refractivity contribution in [3.8, 4) is 0 Å². The number of rotatable bonds is 0. The number of hydrogen-bond acceptors (Lipinski definition) is 1. The molecule has 7 heavy (non-hydrogen) atoms. The summed E-state index contributed by atoms with van der Waals surface area (Å²) in [6, 6.07) is 0. The van der Waals surface area contributed by atoms with Crippen molar-refractivity contribution >= 4 is 5.97 Å². The Kier molecular flexibility index (Phi) is 65.7. The molecule has 0 rings (SSSR count). The molecule has 4 nitrogen and oxygen atoms in total. The predicted molar refractivity (Wildman–Crippen MR) is 20.5 cm³/mol. The maximum atomic E-state index is 9.00. The molecule has 0 fully saturated rings. The zero-order chi connectivity index (χ0) is 3.58. The van der Waals surface area contributed by atoms with Gasteiger partial charge in [-0.05, 0) is 0 Å². The second-order valence-corrected chi connectivity index (χ2v) is 0.519. The maximum Gasteiger partial charge on any atom is 0.300 e. The van der Waals surface area contributed by atoms with Crippen LogP contribution in [-0.4, -0.2) is 22.0 Å². The molecule has 0 aromatic rings. The summed E-state index contributed by atoms with van der Waals surface area (Å²) in [7, 11) is 0. The van der Waals surface area contributed by atoms with Gasteiger partial charge < -0.3 is 16.1 Å². The van der Waals surface area contributed by atoms with Crippen molar-refractivity contribution in [3.05, 3.63) is 0 Å². The summed E-state index contributed by atoms with van der Waals surface area (Å²) < 4.78 is 0. The molecule has 0 aliphatic carbocycles. The van der Waals surface area contributed by atoms with Gasteiger partial charge in [0.2, 0.25) is 0 Å². The number of carbonyl (C=O) groups is 1. The molecule has 0 amide bonds. The SMILES string of the molecule is CC(=O)O.O.O.[Pd]. The smallest absolute Gasteiger partial charge is 0.300 e.